The van der Waals surface area contributed by atoms with Crippen LogP contribution in [0, 0.1) is 11.3 Å². The summed E-state index contributed by atoms with van der Waals surface area (Å²) in [7, 11) is 0. The summed E-state index contributed by atoms with van der Waals surface area (Å²) in [5, 5.41) is 12.0. The molecule has 2 aliphatic rings. The third-order valence-electron chi connectivity index (χ3n) is 2.70. The van der Waals surface area contributed by atoms with Gasteiger partial charge in [-0.25, -0.2) is 0 Å². The SMILES string of the molecule is OCC1CC2(CNC2)C1. The molecular weight excluding hydrogens is 114 g/mol. The molecule has 1 saturated carbocycles. The van der Waals surface area contributed by atoms with Gasteiger partial charge in [-0.3, -0.25) is 0 Å². The molecule has 1 spiro atoms. The van der Waals surface area contributed by atoms with E-state index in [2.05, 4.69) is 5.32 Å². The third-order valence-corrected chi connectivity index (χ3v) is 2.70. The first kappa shape index (κ1) is 5.69. The Bertz CT molecular complexity index is 112. The first-order chi connectivity index (χ1) is 4.35. The van der Waals surface area contributed by atoms with Crippen molar-refractivity contribution in [2.45, 2.75) is 12.8 Å². The van der Waals surface area contributed by atoms with Gasteiger partial charge in [0, 0.05) is 19.7 Å². The summed E-state index contributed by atoms with van der Waals surface area (Å²) in [5.74, 6) is 0.632. The summed E-state index contributed by atoms with van der Waals surface area (Å²) in [6.45, 7) is 2.80. The van der Waals surface area contributed by atoms with Crippen LogP contribution >= 0.6 is 0 Å². The van der Waals surface area contributed by atoms with Crippen molar-refractivity contribution in [3.8, 4) is 0 Å². The molecule has 1 aliphatic carbocycles. The molecule has 1 heterocycles. The Kier molecular flexibility index (Phi) is 1.08. The molecule has 0 bridgehead atoms. The van der Waals surface area contributed by atoms with E-state index in [0.29, 0.717) is 17.9 Å². The summed E-state index contributed by atoms with van der Waals surface area (Å²) >= 11 is 0. The van der Waals surface area contributed by atoms with Crippen LogP contribution in [0.25, 0.3) is 0 Å². The van der Waals surface area contributed by atoms with Crippen molar-refractivity contribution in [3.63, 3.8) is 0 Å². The van der Waals surface area contributed by atoms with Crippen LogP contribution < -0.4 is 5.32 Å². The highest BCUT2D eigenvalue weighted by atomic mass is 16.3. The molecule has 1 saturated heterocycles. The Morgan fingerprint density at radius 3 is 2.44 bits per heavy atom. The zero-order valence-corrected chi connectivity index (χ0v) is 5.56. The minimum atomic E-state index is 0.405. The third kappa shape index (κ3) is 0.700. The number of hydrogen-bond donors (Lipinski definition) is 2. The lowest BCUT2D eigenvalue weighted by Crippen LogP contribution is -2.60. The molecular formula is C7H13NO. The van der Waals surface area contributed by atoms with E-state index in [1.54, 1.807) is 0 Å². The highest BCUT2D eigenvalue weighted by molar-refractivity contribution is 5.02. The van der Waals surface area contributed by atoms with Crippen LogP contribution in [0.4, 0.5) is 0 Å². The molecule has 2 nitrogen and oxygen atoms in total. The van der Waals surface area contributed by atoms with Crippen LogP contribution in [0.15, 0.2) is 0 Å². The van der Waals surface area contributed by atoms with Crippen molar-refractivity contribution in [2.75, 3.05) is 19.7 Å². The summed E-state index contributed by atoms with van der Waals surface area (Å²) in [5.41, 5.74) is 0.646. The maximum atomic E-state index is 8.72. The largest absolute Gasteiger partial charge is 0.396 e. The molecule has 2 rings (SSSR count). The summed E-state index contributed by atoms with van der Waals surface area (Å²) in [4.78, 5) is 0. The molecule has 2 heteroatoms. The highest BCUT2D eigenvalue weighted by Crippen LogP contribution is 2.47. The lowest BCUT2D eigenvalue weighted by Gasteiger charge is -2.54. The van der Waals surface area contributed by atoms with E-state index < -0.39 is 0 Å². The number of aliphatic hydroxyl groups excluding tert-OH is 1. The lowest BCUT2D eigenvalue weighted by molar-refractivity contribution is -0.0248. The van der Waals surface area contributed by atoms with E-state index in [9.17, 15) is 0 Å². The Morgan fingerprint density at radius 2 is 2.11 bits per heavy atom. The predicted octanol–water partition coefficient (Wildman–Crippen LogP) is -0.0217. The normalized spacial score (nSPS) is 31.7. The van der Waals surface area contributed by atoms with Gasteiger partial charge in [-0.05, 0) is 24.2 Å². The molecule has 2 N–H and O–H groups in total. The zero-order chi connectivity index (χ0) is 6.32. The van der Waals surface area contributed by atoms with Crippen molar-refractivity contribution in [1.29, 1.82) is 0 Å². The standard InChI is InChI=1S/C7H13NO/c9-3-6-1-7(2-6)4-8-5-7/h6,8-9H,1-5H2. The Morgan fingerprint density at radius 1 is 1.44 bits per heavy atom. The van der Waals surface area contributed by atoms with Gasteiger partial charge in [0.05, 0.1) is 0 Å². The molecule has 52 valence electrons. The van der Waals surface area contributed by atoms with Crippen molar-refractivity contribution < 1.29 is 5.11 Å². The molecule has 2 fully saturated rings. The fraction of sp³-hybridized carbons (Fsp3) is 1.00. The van der Waals surface area contributed by atoms with Crippen molar-refractivity contribution in [2.24, 2.45) is 11.3 Å². The van der Waals surface area contributed by atoms with Crippen LogP contribution in [0.2, 0.25) is 0 Å². The van der Waals surface area contributed by atoms with Gasteiger partial charge < -0.3 is 10.4 Å². The fourth-order valence-corrected chi connectivity index (χ4v) is 2.06. The van der Waals surface area contributed by atoms with Gasteiger partial charge in [0.25, 0.3) is 0 Å². The van der Waals surface area contributed by atoms with Gasteiger partial charge in [-0.2, -0.15) is 0 Å². The van der Waals surface area contributed by atoms with Gasteiger partial charge in [0.15, 0.2) is 0 Å². The van der Waals surface area contributed by atoms with Gasteiger partial charge in [0.1, 0.15) is 0 Å². The average molecular weight is 127 g/mol. The lowest BCUT2D eigenvalue weighted by atomic mass is 9.59. The topological polar surface area (TPSA) is 32.3 Å². The molecule has 0 aromatic carbocycles. The van der Waals surface area contributed by atoms with E-state index in [-0.39, 0.29) is 0 Å². The smallest absolute Gasteiger partial charge is 0.0459 e. The van der Waals surface area contributed by atoms with Crippen molar-refractivity contribution in [1.82, 2.24) is 5.32 Å². The molecule has 9 heavy (non-hydrogen) atoms. The molecule has 0 atom stereocenters. The van der Waals surface area contributed by atoms with Crippen LogP contribution in [0.1, 0.15) is 12.8 Å². The molecule has 0 aromatic heterocycles. The van der Waals surface area contributed by atoms with Crippen LogP contribution in [0.5, 0.6) is 0 Å². The van der Waals surface area contributed by atoms with Crippen molar-refractivity contribution in [3.05, 3.63) is 0 Å². The Labute approximate surface area is 55.3 Å². The summed E-state index contributed by atoms with van der Waals surface area (Å²) < 4.78 is 0. The molecule has 0 unspecified atom stereocenters. The second-order valence-electron chi connectivity index (χ2n) is 3.56. The van der Waals surface area contributed by atoms with Crippen LogP contribution in [0.3, 0.4) is 0 Å². The van der Waals surface area contributed by atoms with Crippen LogP contribution in [-0.4, -0.2) is 24.8 Å². The van der Waals surface area contributed by atoms with E-state index in [0.717, 1.165) is 0 Å². The minimum Gasteiger partial charge on any atom is -0.396 e. The zero-order valence-electron chi connectivity index (χ0n) is 5.56. The molecule has 0 radical (unpaired) electrons. The Hall–Kier alpha value is -0.0800. The highest BCUT2D eigenvalue weighted by Gasteiger charge is 2.47. The van der Waals surface area contributed by atoms with Crippen molar-refractivity contribution >= 4 is 0 Å². The fourth-order valence-electron chi connectivity index (χ4n) is 2.06. The first-order valence-corrected chi connectivity index (χ1v) is 3.66. The monoisotopic (exact) mass is 127 g/mol. The minimum absolute atomic E-state index is 0.405. The van der Waals surface area contributed by atoms with E-state index in [4.69, 9.17) is 5.11 Å². The summed E-state index contributed by atoms with van der Waals surface area (Å²) in [6, 6.07) is 0. The van der Waals surface area contributed by atoms with E-state index >= 15 is 0 Å². The average Bonchev–Trinajstić information content (AvgIpc) is 1.59. The molecule has 0 aromatic rings. The first-order valence-electron chi connectivity index (χ1n) is 3.66. The van der Waals surface area contributed by atoms with Crippen LogP contribution in [-0.2, 0) is 0 Å². The second kappa shape index (κ2) is 1.70. The second-order valence-corrected chi connectivity index (χ2v) is 3.56. The van der Waals surface area contributed by atoms with E-state index in [1.165, 1.54) is 25.9 Å². The van der Waals surface area contributed by atoms with E-state index in [1.807, 2.05) is 0 Å². The van der Waals surface area contributed by atoms with Gasteiger partial charge in [-0.1, -0.05) is 0 Å². The Balaban J connectivity index is 1.82. The maximum Gasteiger partial charge on any atom is 0.0459 e. The number of rotatable bonds is 1. The molecule has 0 amide bonds. The molecule has 1 aliphatic heterocycles. The number of nitrogens with one attached hydrogen (secondary N) is 1. The maximum absolute atomic E-state index is 8.72. The summed E-state index contributed by atoms with van der Waals surface area (Å²) in [6.07, 6.45) is 2.52. The number of hydrogen-bond acceptors (Lipinski definition) is 2. The predicted molar refractivity (Wildman–Crippen MR) is 35.1 cm³/mol. The van der Waals surface area contributed by atoms with Gasteiger partial charge in [-0.15, -0.1) is 0 Å². The van der Waals surface area contributed by atoms with Gasteiger partial charge >= 0.3 is 0 Å². The van der Waals surface area contributed by atoms with Gasteiger partial charge in [0.2, 0.25) is 0 Å². The quantitative estimate of drug-likeness (QED) is 0.519. The number of aliphatic hydroxyl groups is 1.